The molecular weight excluding hydrogens is 230 g/mol. The molecule has 0 spiro atoms. The van der Waals surface area contributed by atoms with E-state index in [1.807, 2.05) is 6.07 Å². The molecular formula is C13H21N3O2. The molecule has 1 atom stereocenters. The van der Waals surface area contributed by atoms with Crippen molar-refractivity contribution in [2.45, 2.75) is 39.5 Å². The van der Waals surface area contributed by atoms with E-state index in [0.29, 0.717) is 12.3 Å². The lowest BCUT2D eigenvalue weighted by molar-refractivity contribution is -0.141. The average molecular weight is 251 g/mol. The first kappa shape index (κ1) is 14.4. The number of aliphatic carboxylic acids is 1. The minimum Gasteiger partial charge on any atom is -0.481 e. The molecule has 0 bridgehead atoms. The lowest BCUT2D eigenvalue weighted by Crippen LogP contribution is -2.12. The second-order valence-electron chi connectivity index (χ2n) is 4.79. The molecule has 5 heteroatoms. The number of rotatable bonds is 7. The topological polar surface area (TPSA) is 75.1 Å². The Hall–Kier alpha value is -1.65. The van der Waals surface area contributed by atoms with Gasteiger partial charge in [-0.25, -0.2) is 9.97 Å². The smallest absolute Gasteiger partial charge is 0.306 e. The number of aromatic nitrogens is 2. The van der Waals surface area contributed by atoms with Crippen molar-refractivity contribution in [3.63, 3.8) is 0 Å². The fourth-order valence-electron chi connectivity index (χ4n) is 1.53. The quantitative estimate of drug-likeness (QED) is 0.728. The van der Waals surface area contributed by atoms with Gasteiger partial charge in [0.2, 0.25) is 0 Å². The molecule has 1 aromatic heterocycles. The van der Waals surface area contributed by atoms with Crippen molar-refractivity contribution in [2.75, 3.05) is 11.9 Å². The van der Waals surface area contributed by atoms with Crippen molar-refractivity contribution in [1.82, 2.24) is 9.97 Å². The Balaban J connectivity index is 2.35. The van der Waals surface area contributed by atoms with Crippen LogP contribution in [0.1, 0.15) is 45.2 Å². The van der Waals surface area contributed by atoms with E-state index in [9.17, 15) is 4.79 Å². The highest BCUT2D eigenvalue weighted by Gasteiger charge is 2.09. The molecule has 2 N–H and O–H groups in total. The largest absolute Gasteiger partial charge is 0.481 e. The number of carboxylic acids is 1. The number of hydrogen-bond acceptors (Lipinski definition) is 4. The molecule has 5 nitrogen and oxygen atoms in total. The highest BCUT2D eigenvalue weighted by atomic mass is 16.4. The molecule has 1 aromatic rings. The molecule has 0 radical (unpaired) electrons. The van der Waals surface area contributed by atoms with Gasteiger partial charge in [-0.2, -0.15) is 0 Å². The Kier molecular flexibility index (Phi) is 5.55. The zero-order chi connectivity index (χ0) is 13.5. The first-order valence-electron chi connectivity index (χ1n) is 6.29. The normalized spacial score (nSPS) is 12.4. The van der Waals surface area contributed by atoms with Crippen molar-refractivity contribution < 1.29 is 9.90 Å². The van der Waals surface area contributed by atoms with E-state index in [-0.39, 0.29) is 5.92 Å². The third kappa shape index (κ3) is 4.69. The monoisotopic (exact) mass is 251 g/mol. The standard InChI is InChI=1S/C13H21N3O2/c1-9(2)11-7-12(16-8-15-11)14-6-4-5-10(3)13(17)18/h7-10H,4-6H2,1-3H3,(H,17,18)(H,14,15,16). The van der Waals surface area contributed by atoms with Gasteiger partial charge in [0.25, 0.3) is 0 Å². The van der Waals surface area contributed by atoms with Gasteiger partial charge in [0.05, 0.1) is 5.92 Å². The zero-order valence-corrected chi connectivity index (χ0v) is 11.2. The molecule has 1 rings (SSSR count). The highest BCUT2D eigenvalue weighted by molar-refractivity contribution is 5.69. The van der Waals surface area contributed by atoms with E-state index in [2.05, 4.69) is 29.1 Å². The Morgan fingerprint density at radius 1 is 1.39 bits per heavy atom. The molecule has 1 heterocycles. The molecule has 18 heavy (non-hydrogen) atoms. The summed E-state index contributed by atoms with van der Waals surface area (Å²) in [4.78, 5) is 19.0. The van der Waals surface area contributed by atoms with E-state index in [4.69, 9.17) is 5.11 Å². The fourth-order valence-corrected chi connectivity index (χ4v) is 1.53. The van der Waals surface area contributed by atoms with Crippen LogP contribution in [0.25, 0.3) is 0 Å². The van der Waals surface area contributed by atoms with Gasteiger partial charge in [0, 0.05) is 18.3 Å². The maximum absolute atomic E-state index is 10.6. The summed E-state index contributed by atoms with van der Waals surface area (Å²) >= 11 is 0. The maximum Gasteiger partial charge on any atom is 0.306 e. The molecule has 0 aliphatic rings. The third-order valence-corrected chi connectivity index (χ3v) is 2.82. The van der Waals surface area contributed by atoms with Crippen LogP contribution in [0.2, 0.25) is 0 Å². The van der Waals surface area contributed by atoms with Crippen molar-refractivity contribution >= 4 is 11.8 Å². The summed E-state index contributed by atoms with van der Waals surface area (Å²) in [5.41, 5.74) is 1.01. The summed E-state index contributed by atoms with van der Waals surface area (Å²) in [7, 11) is 0. The molecule has 0 aliphatic heterocycles. The summed E-state index contributed by atoms with van der Waals surface area (Å²) in [6.45, 7) is 6.62. The van der Waals surface area contributed by atoms with Crippen molar-refractivity contribution in [3.05, 3.63) is 18.1 Å². The van der Waals surface area contributed by atoms with Gasteiger partial charge < -0.3 is 10.4 Å². The predicted octanol–water partition coefficient (Wildman–Crippen LogP) is 2.51. The van der Waals surface area contributed by atoms with Gasteiger partial charge in [-0.15, -0.1) is 0 Å². The predicted molar refractivity (Wildman–Crippen MR) is 70.6 cm³/mol. The van der Waals surface area contributed by atoms with Gasteiger partial charge in [-0.05, 0) is 18.8 Å². The Bertz CT molecular complexity index is 394. The maximum atomic E-state index is 10.6. The second-order valence-corrected chi connectivity index (χ2v) is 4.79. The highest BCUT2D eigenvalue weighted by Crippen LogP contribution is 2.14. The molecule has 0 amide bonds. The Labute approximate surface area is 108 Å². The minimum absolute atomic E-state index is 0.288. The summed E-state index contributed by atoms with van der Waals surface area (Å²) in [5.74, 6) is 0.153. The van der Waals surface area contributed by atoms with E-state index in [1.54, 1.807) is 13.3 Å². The second kappa shape index (κ2) is 6.93. The summed E-state index contributed by atoms with van der Waals surface area (Å²) in [6, 6.07) is 1.94. The molecule has 0 saturated carbocycles. The van der Waals surface area contributed by atoms with E-state index in [0.717, 1.165) is 24.5 Å². The number of nitrogens with one attached hydrogen (secondary N) is 1. The van der Waals surface area contributed by atoms with Gasteiger partial charge >= 0.3 is 5.97 Å². The number of nitrogens with zero attached hydrogens (tertiary/aromatic N) is 2. The first-order chi connectivity index (χ1) is 8.50. The fraction of sp³-hybridized carbons (Fsp3) is 0.615. The molecule has 0 fully saturated rings. The van der Waals surface area contributed by atoms with Crippen LogP contribution in [-0.2, 0) is 4.79 Å². The van der Waals surface area contributed by atoms with Crippen molar-refractivity contribution in [3.8, 4) is 0 Å². The van der Waals surface area contributed by atoms with Crippen LogP contribution in [-0.4, -0.2) is 27.6 Å². The average Bonchev–Trinajstić information content (AvgIpc) is 2.34. The van der Waals surface area contributed by atoms with E-state index in [1.165, 1.54) is 0 Å². The number of carbonyl (C=O) groups is 1. The van der Waals surface area contributed by atoms with Gasteiger partial charge in [-0.3, -0.25) is 4.79 Å². The molecule has 1 unspecified atom stereocenters. The molecule has 0 aliphatic carbocycles. The van der Waals surface area contributed by atoms with Crippen LogP contribution in [0.5, 0.6) is 0 Å². The van der Waals surface area contributed by atoms with E-state index >= 15 is 0 Å². The van der Waals surface area contributed by atoms with Crippen LogP contribution >= 0.6 is 0 Å². The summed E-state index contributed by atoms with van der Waals surface area (Å²) in [5, 5.41) is 11.9. The van der Waals surface area contributed by atoms with Crippen LogP contribution in [0.3, 0.4) is 0 Å². The molecule has 100 valence electrons. The summed E-state index contributed by atoms with van der Waals surface area (Å²) < 4.78 is 0. The minimum atomic E-state index is -0.737. The lowest BCUT2D eigenvalue weighted by Gasteiger charge is -2.09. The SMILES string of the molecule is CC(CCCNc1cc(C(C)C)ncn1)C(=O)O. The van der Waals surface area contributed by atoms with Crippen LogP contribution in [0.4, 0.5) is 5.82 Å². The Morgan fingerprint density at radius 3 is 2.72 bits per heavy atom. The van der Waals surface area contributed by atoms with Gasteiger partial charge in [0.15, 0.2) is 0 Å². The van der Waals surface area contributed by atoms with Crippen LogP contribution in [0.15, 0.2) is 12.4 Å². The van der Waals surface area contributed by atoms with Gasteiger partial charge in [-0.1, -0.05) is 20.8 Å². The van der Waals surface area contributed by atoms with Gasteiger partial charge in [0.1, 0.15) is 12.1 Å². The van der Waals surface area contributed by atoms with E-state index < -0.39 is 5.97 Å². The first-order valence-corrected chi connectivity index (χ1v) is 6.29. The Morgan fingerprint density at radius 2 is 2.11 bits per heavy atom. The molecule has 0 saturated heterocycles. The van der Waals surface area contributed by atoms with Crippen LogP contribution in [0, 0.1) is 5.92 Å². The third-order valence-electron chi connectivity index (χ3n) is 2.82. The van der Waals surface area contributed by atoms with Crippen molar-refractivity contribution in [2.24, 2.45) is 5.92 Å². The van der Waals surface area contributed by atoms with Crippen LogP contribution < -0.4 is 5.32 Å². The summed E-state index contributed by atoms with van der Waals surface area (Å²) in [6.07, 6.45) is 3.04. The molecule has 0 aromatic carbocycles. The van der Waals surface area contributed by atoms with Crippen molar-refractivity contribution in [1.29, 1.82) is 0 Å². The zero-order valence-electron chi connectivity index (χ0n) is 11.2. The number of carboxylic acid groups (broad SMARTS) is 1. The number of anilines is 1. The lowest BCUT2D eigenvalue weighted by atomic mass is 10.1. The number of hydrogen-bond donors (Lipinski definition) is 2.